The highest BCUT2D eigenvalue weighted by molar-refractivity contribution is 6.09. The second-order valence-electron chi connectivity index (χ2n) is 8.80. The molecule has 2 aliphatic rings. The van der Waals surface area contributed by atoms with Crippen LogP contribution in [0.2, 0.25) is 0 Å². The number of morpholine rings is 1. The number of hydrogen-bond acceptors (Lipinski definition) is 3. The Kier molecular flexibility index (Phi) is 5.08. The standard InChI is InChI=1S/C29H25NO3/c31-29(33-17-20-8-2-1-3-9-20)30-24-15-23(16-25(30)19-32-18-24)28-26-12-6-4-10-21(26)14-22-11-5-7-13-27(22)28/h1-15,24-25H,16-19H2. The summed E-state index contributed by atoms with van der Waals surface area (Å²) in [4.78, 5) is 15.0. The Hall–Kier alpha value is -3.63. The summed E-state index contributed by atoms with van der Waals surface area (Å²) in [6, 6.07) is 29.0. The Balaban J connectivity index is 1.37. The molecule has 4 aromatic rings. The Morgan fingerprint density at radius 3 is 2.24 bits per heavy atom. The molecule has 0 radical (unpaired) electrons. The van der Waals surface area contributed by atoms with Gasteiger partial charge in [0.2, 0.25) is 0 Å². The Morgan fingerprint density at radius 2 is 1.55 bits per heavy atom. The fourth-order valence-corrected chi connectivity index (χ4v) is 5.22. The monoisotopic (exact) mass is 435 g/mol. The molecule has 164 valence electrons. The zero-order chi connectivity index (χ0) is 22.2. The summed E-state index contributed by atoms with van der Waals surface area (Å²) in [5.41, 5.74) is 3.55. The summed E-state index contributed by atoms with van der Waals surface area (Å²) in [5, 5.41) is 4.97. The molecule has 4 heteroatoms. The number of fused-ring (bicyclic) bond motifs is 4. The van der Waals surface area contributed by atoms with Gasteiger partial charge in [-0.1, -0.05) is 84.9 Å². The molecule has 1 fully saturated rings. The first-order chi connectivity index (χ1) is 16.3. The highest BCUT2D eigenvalue weighted by Crippen LogP contribution is 2.39. The third kappa shape index (κ3) is 3.66. The van der Waals surface area contributed by atoms with Gasteiger partial charge in [0.05, 0.1) is 25.3 Å². The van der Waals surface area contributed by atoms with Crippen LogP contribution in [0.5, 0.6) is 0 Å². The molecule has 2 bridgehead atoms. The van der Waals surface area contributed by atoms with Crippen LogP contribution >= 0.6 is 0 Å². The minimum Gasteiger partial charge on any atom is -0.445 e. The number of amides is 1. The van der Waals surface area contributed by atoms with Gasteiger partial charge in [0, 0.05) is 0 Å². The molecule has 33 heavy (non-hydrogen) atoms. The van der Waals surface area contributed by atoms with Crippen LogP contribution in [0.25, 0.3) is 27.1 Å². The molecular weight excluding hydrogens is 410 g/mol. The van der Waals surface area contributed by atoms with Crippen molar-refractivity contribution in [3.63, 3.8) is 0 Å². The van der Waals surface area contributed by atoms with Gasteiger partial charge in [-0.3, -0.25) is 4.90 Å². The Labute approximate surface area is 193 Å². The first kappa shape index (κ1) is 20.0. The van der Waals surface area contributed by atoms with Crippen molar-refractivity contribution < 1.29 is 14.3 Å². The SMILES string of the molecule is O=C(OCc1ccccc1)N1C2C=C(c3c4ccccc4cc4ccccc34)CC1COC2. The zero-order valence-electron chi connectivity index (χ0n) is 18.3. The topological polar surface area (TPSA) is 38.8 Å². The number of ether oxygens (including phenoxy) is 2. The fourth-order valence-electron chi connectivity index (χ4n) is 5.22. The van der Waals surface area contributed by atoms with Crippen molar-refractivity contribution in [1.82, 2.24) is 4.90 Å². The van der Waals surface area contributed by atoms with E-state index >= 15 is 0 Å². The van der Waals surface area contributed by atoms with Crippen molar-refractivity contribution in [1.29, 1.82) is 0 Å². The maximum atomic E-state index is 13.1. The van der Waals surface area contributed by atoms with Crippen LogP contribution in [0.15, 0.2) is 91.0 Å². The van der Waals surface area contributed by atoms with Crippen molar-refractivity contribution >= 4 is 33.2 Å². The number of hydrogen-bond donors (Lipinski definition) is 0. The molecule has 4 aromatic carbocycles. The van der Waals surface area contributed by atoms with E-state index in [1.807, 2.05) is 35.2 Å². The molecule has 0 saturated carbocycles. The Morgan fingerprint density at radius 1 is 0.879 bits per heavy atom. The van der Waals surface area contributed by atoms with Crippen molar-refractivity contribution in [2.24, 2.45) is 0 Å². The highest BCUT2D eigenvalue weighted by atomic mass is 16.6. The summed E-state index contributed by atoms with van der Waals surface area (Å²) in [6.07, 6.45) is 2.69. The summed E-state index contributed by atoms with van der Waals surface area (Å²) in [5.74, 6) is 0. The van der Waals surface area contributed by atoms with E-state index in [1.165, 1.54) is 32.7 Å². The van der Waals surface area contributed by atoms with E-state index < -0.39 is 0 Å². The molecule has 0 spiro atoms. The van der Waals surface area contributed by atoms with E-state index in [0.29, 0.717) is 13.2 Å². The molecule has 2 unspecified atom stereocenters. The normalized spacial score (nSPS) is 20.0. The lowest BCUT2D eigenvalue weighted by Crippen LogP contribution is -2.56. The van der Waals surface area contributed by atoms with Crippen LogP contribution in [-0.4, -0.2) is 36.3 Å². The molecule has 2 atom stereocenters. The average Bonchev–Trinajstić information content (AvgIpc) is 2.85. The molecule has 1 saturated heterocycles. The van der Waals surface area contributed by atoms with Crippen molar-refractivity contribution in [3.8, 4) is 0 Å². The average molecular weight is 436 g/mol. The molecular formula is C29H25NO3. The second-order valence-corrected chi connectivity index (χ2v) is 8.80. The summed E-state index contributed by atoms with van der Waals surface area (Å²) >= 11 is 0. The summed E-state index contributed by atoms with van der Waals surface area (Å²) in [6.45, 7) is 1.29. The molecule has 0 aromatic heterocycles. The van der Waals surface area contributed by atoms with E-state index in [-0.39, 0.29) is 24.8 Å². The van der Waals surface area contributed by atoms with Crippen LogP contribution in [0.1, 0.15) is 17.5 Å². The smallest absolute Gasteiger partial charge is 0.411 e. The van der Waals surface area contributed by atoms with Crippen LogP contribution < -0.4 is 0 Å². The molecule has 0 N–H and O–H groups in total. The molecule has 6 rings (SSSR count). The molecule has 2 aliphatic heterocycles. The number of nitrogens with zero attached hydrogens (tertiary/aromatic N) is 1. The lowest BCUT2D eigenvalue weighted by molar-refractivity contribution is -0.0341. The van der Waals surface area contributed by atoms with Gasteiger partial charge < -0.3 is 9.47 Å². The summed E-state index contributed by atoms with van der Waals surface area (Å²) in [7, 11) is 0. The van der Waals surface area contributed by atoms with E-state index in [4.69, 9.17) is 9.47 Å². The number of benzene rings is 4. The van der Waals surface area contributed by atoms with Crippen molar-refractivity contribution in [3.05, 3.63) is 102 Å². The maximum Gasteiger partial charge on any atom is 0.411 e. The van der Waals surface area contributed by atoms with E-state index in [9.17, 15) is 4.79 Å². The minimum absolute atomic E-state index is 0.0373. The summed E-state index contributed by atoms with van der Waals surface area (Å²) < 4.78 is 11.5. The molecule has 1 amide bonds. The number of carbonyl (C=O) groups is 1. The van der Waals surface area contributed by atoms with Gasteiger partial charge in [0.15, 0.2) is 0 Å². The van der Waals surface area contributed by atoms with Gasteiger partial charge in [0.1, 0.15) is 6.61 Å². The second kappa shape index (κ2) is 8.38. The first-order valence-corrected chi connectivity index (χ1v) is 11.5. The molecule has 2 heterocycles. The predicted octanol–water partition coefficient (Wildman–Crippen LogP) is 6.19. The van der Waals surface area contributed by atoms with Gasteiger partial charge in [-0.25, -0.2) is 4.79 Å². The first-order valence-electron chi connectivity index (χ1n) is 11.5. The van der Waals surface area contributed by atoms with Gasteiger partial charge in [0.25, 0.3) is 0 Å². The quantitative estimate of drug-likeness (QED) is 0.360. The van der Waals surface area contributed by atoms with Gasteiger partial charge in [-0.15, -0.1) is 0 Å². The van der Waals surface area contributed by atoms with Crippen LogP contribution in [-0.2, 0) is 16.1 Å². The number of carbonyl (C=O) groups excluding carboxylic acids is 1. The van der Waals surface area contributed by atoms with E-state index in [2.05, 4.69) is 60.7 Å². The van der Waals surface area contributed by atoms with Gasteiger partial charge in [-0.05, 0) is 50.7 Å². The largest absolute Gasteiger partial charge is 0.445 e. The minimum atomic E-state index is -0.268. The van der Waals surface area contributed by atoms with Gasteiger partial charge >= 0.3 is 6.09 Å². The highest BCUT2D eigenvalue weighted by Gasteiger charge is 2.39. The number of rotatable bonds is 3. The van der Waals surface area contributed by atoms with Crippen LogP contribution in [0, 0.1) is 0 Å². The molecule has 4 nitrogen and oxygen atoms in total. The lowest BCUT2D eigenvalue weighted by atomic mass is 9.85. The van der Waals surface area contributed by atoms with Crippen molar-refractivity contribution in [2.45, 2.75) is 25.1 Å². The van der Waals surface area contributed by atoms with E-state index in [1.54, 1.807) is 0 Å². The maximum absolute atomic E-state index is 13.1. The van der Waals surface area contributed by atoms with Crippen LogP contribution in [0.3, 0.4) is 0 Å². The Bertz CT molecular complexity index is 1310. The molecule has 0 aliphatic carbocycles. The van der Waals surface area contributed by atoms with Crippen molar-refractivity contribution in [2.75, 3.05) is 13.2 Å². The fraction of sp³-hybridized carbons (Fsp3) is 0.207. The third-order valence-corrected chi connectivity index (χ3v) is 6.71. The lowest BCUT2D eigenvalue weighted by Gasteiger charge is -2.44. The van der Waals surface area contributed by atoms with Crippen LogP contribution in [0.4, 0.5) is 4.79 Å². The van der Waals surface area contributed by atoms with Gasteiger partial charge in [-0.2, -0.15) is 0 Å². The third-order valence-electron chi connectivity index (χ3n) is 6.71. The predicted molar refractivity (Wildman–Crippen MR) is 131 cm³/mol. The van der Waals surface area contributed by atoms with E-state index in [0.717, 1.165) is 12.0 Å². The zero-order valence-corrected chi connectivity index (χ0v) is 18.3.